The molecule has 3 N–H and O–H groups in total. The summed E-state index contributed by atoms with van der Waals surface area (Å²) < 4.78 is 0. The van der Waals surface area contributed by atoms with Gasteiger partial charge in [-0.3, -0.25) is 9.59 Å². The van der Waals surface area contributed by atoms with Gasteiger partial charge in [0.2, 0.25) is 5.91 Å². The summed E-state index contributed by atoms with van der Waals surface area (Å²) in [7, 11) is 0. The molecule has 0 radical (unpaired) electrons. The van der Waals surface area contributed by atoms with Crippen LogP contribution in [-0.2, 0) is 9.59 Å². The molecule has 2 rings (SSSR count). The van der Waals surface area contributed by atoms with Gasteiger partial charge in [-0.1, -0.05) is 24.3 Å². The zero-order valence-electron chi connectivity index (χ0n) is 17.0. The van der Waals surface area contributed by atoms with Gasteiger partial charge < -0.3 is 15.7 Å². The minimum Gasteiger partial charge on any atom is -0.480 e. The largest absolute Gasteiger partial charge is 0.480 e. The molecule has 0 fully saturated rings. The van der Waals surface area contributed by atoms with Gasteiger partial charge in [0.1, 0.15) is 6.04 Å². The van der Waals surface area contributed by atoms with Gasteiger partial charge in [0.15, 0.2) is 0 Å². The molecule has 0 saturated heterocycles. The van der Waals surface area contributed by atoms with Crippen molar-refractivity contribution in [1.82, 2.24) is 5.32 Å². The second-order valence-electron chi connectivity index (χ2n) is 7.30. The van der Waals surface area contributed by atoms with E-state index in [1.54, 1.807) is 6.08 Å². The molecule has 0 aromatic heterocycles. The molecule has 0 heterocycles. The lowest BCUT2D eigenvalue weighted by Crippen LogP contribution is -2.37. The van der Waals surface area contributed by atoms with E-state index in [-0.39, 0.29) is 0 Å². The fourth-order valence-electron chi connectivity index (χ4n) is 2.90. The summed E-state index contributed by atoms with van der Waals surface area (Å²) in [6.45, 7) is 9.68. The van der Waals surface area contributed by atoms with Crippen molar-refractivity contribution in [3.05, 3.63) is 59.2 Å². The maximum Gasteiger partial charge on any atom is 0.325 e. The predicted octanol–water partition coefficient (Wildman–Crippen LogP) is 4.39. The van der Waals surface area contributed by atoms with Gasteiger partial charge in [-0.2, -0.15) is 0 Å². The van der Waals surface area contributed by atoms with Crippen LogP contribution in [0.1, 0.15) is 37.5 Å². The summed E-state index contributed by atoms with van der Waals surface area (Å²) in [5, 5.41) is 14.6. The summed E-state index contributed by atoms with van der Waals surface area (Å²) in [6.07, 6.45) is 3.08. The standard InChI is InChI=1S/C23H28N2O3/c1-14(2)24-20-9-6-18(7-10-20)21-13-15(3)19(12-16(21)4)8-11-22(26)25-17(5)23(27)28/h6-14,17,24H,1-5H3,(H,25,26)(H,27,28)/t17-/m1/s1. The Labute approximate surface area is 166 Å². The van der Waals surface area contributed by atoms with E-state index in [0.29, 0.717) is 6.04 Å². The lowest BCUT2D eigenvalue weighted by atomic mass is 9.94. The van der Waals surface area contributed by atoms with Crippen LogP contribution in [0.2, 0.25) is 0 Å². The molecule has 28 heavy (non-hydrogen) atoms. The summed E-state index contributed by atoms with van der Waals surface area (Å²) in [5.41, 5.74) is 6.45. The van der Waals surface area contributed by atoms with Crippen LogP contribution in [0.15, 0.2) is 42.5 Å². The zero-order chi connectivity index (χ0) is 20.8. The molecule has 5 heteroatoms. The second-order valence-corrected chi connectivity index (χ2v) is 7.30. The highest BCUT2D eigenvalue weighted by Crippen LogP contribution is 2.28. The third kappa shape index (κ3) is 5.71. The van der Waals surface area contributed by atoms with Crippen molar-refractivity contribution >= 4 is 23.6 Å². The quantitative estimate of drug-likeness (QED) is 0.623. The van der Waals surface area contributed by atoms with Crippen LogP contribution in [0.3, 0.4) is 0 Å². The first-order valence-electron chi connectivity index (χ1n) is 9.37. The zero-order valence-corrected chi connectivity index (χ0v) is 17.0. The van der Waals surface area contributed by atoms with Crippen molar-refractivity contribution in [3.63, 3.8) is 0 Å². The number of hydrogen-bond acceptors (Lipinski definition) is 3. The van der Waals surface area contributed by atoms with Crippen LogP contribution >= 0.6 is 0 Å². The Hall–Kier alpha value is -3.08. The maximum atomic E-state index is 11.9. The topological polar surface area (TPSA) is 78.4 Å². The number of nitrogens with one attached hydrogen (secondary N) is 2. The van der Waals surface area contributed by atoms with E-state index >= 15 is 0 Å². The van der Waals surface area contributed by atoms with Crippen molar-refractivity contribution < 1.29 is 14.7 Å². The van der Waals surface area contributed by atoms with Gasteiger partial charge in [-0.15, -0.1) is 0 Å². The molecule has 2 aromatic carbocycles. The highest BCUT2D eigenvalue weighted by Gasteiger charge is 2.12. The first-order valence-corrected chi connectivity index (χ1v) is 9.37. The fourth-order valence-corrected chi connectivity index (χ4v) is 2.90. The van der Waals surface area contributed by atoms with Gasteiger partial charge in [-0.05, 0) is 80.6 Å². The van der Waals surface area contributed by atoms with E-state index < -0.39 is 17.9 Å². The predicted molar refractivity (Wildman–Crippen MR) is 114 cm³/mol. The molecule has 0 saturated carbocycles. The van der Waals surface area contributed by atoms with E-state index in [4.69, 9.17) is 5.11 Å². The van der Waals surface area contributed by atoms with Crippen LogP contribution in [-0.4, -0.2) is 29.1 Å². The van der Waals surface area contributed by atoms with Crippen molar-refractivity contribution in [2.45, 2.75) is 46.7 Å². The van der Waals surface area contributed by atoms with Gasteiger partial charge in [-0.25, -0.2) is 0 Å². The average Bonchev–Trinajstić information content (AvgIpc) is 2.62. The van der Waals surface area contributed by atoms with Crippen molar-refractivity contribution in [3.8, 4) is 11.1 Å². The summed E-state index contributed by atoms with van der Waals surface area (Å²) in [6, 6.07) is 12.0. The number of carbonyl (C=O) groups excluding carboxylic acids is 1. The lowest BCUT2D eigenvalue weighted by Gasteiger charge is -2.13. The highest BCUT2D eigenvalue weighted by atomic mass is 16.4. The van der Waals surface area contributed by atoms with Gasteiger partial charge in [0.25, 0.3) is 0 Å². The Balaban J connectivity index is 2.19. The lowest BCUT2D eigenvalue weighted by molar-refractivity contribution is -0.140. The Bertz CT molecular complexity index is 883. The van der Waals surface area contributed by atoms with Crippen LogP contribution in [0.25, 0.3) is 17.2 Å². The Morgan fingerprint density at radius 1 is 1.00 bits per heavy atom. The molecule has 0 aliphatic heterocycles. The smallest absolute Gasteiger partial charge is 0.325 e. The molecule has 148 valence electrons. The summed E-state index contributed by atoms with van der Waals surface area (Å²) in [5.74, 6) is -1.49. The Kier molecular flexibility index (Phi) is 6.99. The van der Waals surface area contributed by atoms with E-state index in [0.717, 1.165) is 33.5 Å². The summed E-state index contributed by atoms with van der Waals surface area (Å²) in [4.78, 5) is 22.7. The van der Waals surface area contributed by atoms with Crippen molar-refractivity contribution in [2.75, 3.05) is 5.32 Å². The van der Waals surface area contributed by atoms with Crippen molar-refractivity contribution in [2.24, 2.45) is 0 Å². The molecule has 2 aromatic rings. The SMILES string of the molecule is Cc1cc(-c2ccc(NC(C)C)cc2)c(C)cc1C=CC(=O)N[C@H](C)C(=O)O. The number of carbonyl (C=O) groups is 2. The Morgan fingerprint density at radius 2 is 1.64 bits per heavy atom. The monoisotopic (exact) mass is 380 g/mol. The maximum absolute atomic E-state index is 11.9. The summed E-state index contributed by atoms with van der Waals surface area (Å²) >= 11 is 0. The number of aliphatic carboxylic acids is 1. The van der Waals surface area contributed by atoms with Gasteiger partial charge in [0.05, 0.1) is 0 Å². The number of rotatable bonds is 7. The second kappa shape index (κ2) is 9.22. The molecule has 1 atom stereocenters. The number of carboxylic acid groups (broad SMARTS) is 1. The van der Waals surface area contributed by atoms with Gasteiger partial charge in [0, 0.05) is 17.8 Å². The average molecular weight is 380 g/mol. The van der Waals surface area contributed by atoms with Crippen LogP contribution < -0.4 is 10.6 Å². The number of hydrogen-bond donors (Lipinski definition) is 3. The fraction of sp³-hybridized carbons (Fsp3) is 0.304. The van der Waals surface area contributed by atoms with E-state index in [1.165, 1.54) is 13.0 Å². The third-order valence-corrected chi connectivity index (χ3v) is 4.41. The van der Waals surface area contributed by atoms with E-state index in [2.05, 4.69) is 54.8 Å². The number of amides is 1. The molecular weight excluding hydrogens is 352 g/mol. The van der Waals surface area contributed by atoms with Crippen molar-refractivity contribution in [1.29, 1.82) is 0 Å². The highest BCUT2D eigenvalue weighted by molar-refractivity contribution is 5.94. The number of anilines is 1. The van der Waals surface area contributed by atoms with Crippen LogP contribution in [0, 0.1) is 13.8 Å². The number of aryl methyl sites for hydroxylation is 2. The van der Waals surface area contributed by atoms with E-state index in [9.17, 15) is 9.59 Å². The first kappa shape index (κ1) is 21.2. The number of benzene rings is 2. The van der Waals surface area contributed by atoms with Gasteiger partial charge >= 0.3 is 5.97 Å². The molecule has 0 unspecified atom stereocenters. The molecule has 1 amide bonds. The third-order valence-electron chi connectivity index (χ3n) is 4.41. The minimum absolute atomic E-state index is 0.386. The molecule has 0 aliphatic rings. The molecule has 0 aliphatic carbocycles. The first-order chi connectivity index (χ1) is 13.2. The molecule has 0 bridgehead atoms. The molecule has 0 spiro atoms. The van der Waals surface area contributed by atoms with Crippen LogP contribution in [0.4, 0.5) is 5.69 Å². The number of carboxylic acids is 1. The molecular formula is C23H28N2O3. The Morgan fingerprint density at radius 3 is 2.21 bits per heavy atom. The van der Waals surface area contributed by atoms with E-state index in [1.807, 2.05) is 19.9 Å². The minimum atomic E-state index is -1.06. The normalized spacial score (nSPS) is 12.2. The molecule has 5 nitrogen and oxygen atoms in total. The van der Waals surface area contributed by atoms with Crippen LogP contribution in [0.5, 0.6) is 0 Å².